The van der Waals surface area contributed by atoms with Gasteiger partial charge in [-0.15, -0.1) is 6.42 Å². The first-order valence-electron chi connectivity index (χ1n) is 4.79. The Morgan fingerprint density at radius 1 is 1.54 bits per heavy atom. The van der Waals surface area contributed by atoms with Gasteiger partial charge in [-0.25, -0.2) is 0 Å². The minimum atomic E-state index is 0.0961. The van der Waals surface area contributed by atoms with Crippen LogP contribution >= 0.6 is 0 Å². The standard InChI is InChI=1S/C10H19N3/c1-3-6-12-10(9-11)4-7-13(2)8-5-10/h1,12H,4-9,11H2,2H3. The molecule has 1 aliphatic heterocycles. The van der Waals surface area contributed by atoms with Crippen LogP contribution in [-0.2, 0) is 0 Å². The molecule has 0 spiro atoms. The van der Waals surface area contributed by atoms with Crippen LogP contribution in [0.25, 0.3) is 0 Å². The molecule has 1 aliphatic rings. The Hall–Kier alpha value is -0.560. The van der Waals surface area contributed by atoms with Crippen LogP contribution in [0.2, 0.25) is 0 Å². The summed E-state index contributed by atoms with van der Waals surface area (Å²) in [5.74, 6) is 2.61. The third-order valence-electron chi connectivity index (χ3n) is 2.90. The van der Waals surface area contributed by atoms with Crippen molar-refractivity contribution in [3.8, 4) is 12.3 Å². The van der Waals surface area contributed by atoms with Gasteiger partial charge < -0.3 is 10.6 Å². The number of rotatable bonds is 3. The lowest BCUT2D eigenvalue weighted by atomic mass is 9.88. The Morgan fingerprint density at radius 3 is 2.62 bits per heavy atom. The zero-order valence-corrected chi connectivity index (χ0v) is 8.34. The van der Waals surface area contributed by atoms with E-state index in [0.29, 0.717) is 13.1 Å². The van der Waals surface area contributed by atoms with Crippen molar-refractivity contribution in [2.24, 2.45) is 5.73 Å². The topological polar surface area (TPSA) is 41.3 Å². The van der Waals surface area contributed by atoms with Gasteiger partial charge in [0.15, 0.2) is 0 Å². The van der Waals surface area contributed by atoms with Crippen LogP contribution < -0.4 is 11.1 Å². The number of hydrogen-bond acceptors (Lipinski definition) is 3. The molecule has 0 amide bonds. The maximum absolute atomic E-state index is 5.77. The fraction of sp³-hybridized carbons (Fsp3) is 0.800. The monoisotopic (exact) mass is 181 g/mol. The van der Waals surface area contributed by atoms with E-state index in [1.165, 1.54) is 0 Å². The fourth-order valence-corrected chi connectivity index (χ4v) is 1.74. The third kappa shape index (κ3) is 2.70. The molecule has 3 N–H and O–H groups in total. The minimum absolute atomic E-state index is 0.0961. The summed E-state index contributed by atoms with van der Waals surface area (Å²) in [5, 5.41) is 3.37. The van der Waals surface area contributed by atoms with Gasteiger partial charge in [0.05, 0.1) is 6.54 Å². The summed E-state index contributed by atoms with van der Waals surface area (Å²) >= 11 is 0. The van der Waals surface area contributed by atoms with E-state index in [2.05, 4.69) is 23.2 Å². The van der Waals surface area contributed by atoms with Gasteiger partial charge in [-0.3, -0.25) is 5.32 Å². The van der Waals surface area contributed by atoms with Crippen molar-refractivity contribution in [1.82, 2.24) is 10.2 Å². The normalized spacial score (nSPS) is 22.5. The van der Waals surface area contributed by atoms with Crippen LogP contribution in [0.5, 0.6) is 0 Å². The average molecular weight is 181 g/mol. The van der Waals surface area contributed by atoms with E-state index in [4.69, 9.17) is 12.2 Å². The second-order valence-electron chi connectivity index (χ2n) is 3.85. The molecule has 1 saturated heterocycles. The van der Waals surface area contributed by atoms with E-state index in [9.17, 15) is 0 Å². The van der Waals surface area contributed by atoms with Crippen molar-refractivity contribution in [3.05, 3.63) is 0 Å². The highest BCUT2D eigenvalue weighted by Crippen LogP contribution is 2.19. The maximum atomic E-state index is 5.77. The zero-order valence-electron chi connectivity index (χ0n) is 8.34. The molecule has 0 saturated carbocycles. The van der Waals surface area contributed by atoms with E-state index in [0.717, 1.165) is 25.9 Å². The highest BCUT2D eigenvalue weighted by atomic mass is 15.1. The third-order valence-corrected chi connectivity index (χ3v) is 2.90. The molecular weight excluding hydrogens is 162 g/mol. The first-order valence-corrected chi connectivity index (χ1v) is 4.79. The fourth-order valence-electron chi connectivity index (χ4n) is 1.74. The summed E-state index contributed by atoms with van der Waals surface area (Å²) in [6, 6.07) is 0. The molecule has 74 valence electrons. The lowest BCUT2D eigenvalue weighted by molar-refractivity contribution is 0.166. The summed E-state index contributed by atoms with van der Waals surface area (Å²) in [5.41, 5.74) is 5.87. The predicted octanol–water partition coefficient (Wildman–Crippen LogP) is -0.368. The molecule has 1 fully saturated rings. The largest absolute Gasteiger partial charge is 0.329 e. The van der Waals surface area contributed by atoms with Gasteiger partial charge in [0.25, 0.3) is 0 Å². The number of piperidine rings is 1. The van der Waals surface area contributed by atoms with Gasteiger partial charge in [-0.2, -0.15) is 0 Å². The molecule has 0 unspecified atom stereocenters. The van der Waals surface area contributed by atoms with Crippen LogP contribution in [0.4, 0.5) is 0 Å². The van der Waals surface area contributed by atoms with Crippen molar-refractivity contribution in [2.75, 3.05) is 33.2 Å². The first kappa shape index (κ1) is 10.5. The first-order chi connectivity index (χ1) is 6.22. The van der Waals surface area contributed by atoms with Crippen LogP contribution in [0.15, 0.2) is 0 Å². The SMILES string of the molecule is C#CCNC1(CN)CCN(C)CC1. The van der Waals surface area contributed by atoms with Crippen LogP contribution in [0.3, 0.4) is 0 Å². The molecule has 1 heterocycles. The van der Waals surface area contributed by atoms with Gasteiger partial charge >= 0.3 is 0 Å². The summed E-state index contributed by atoms with van der Waals surface area (Å²) < 4.78 is 0. The molecule has 0 atom stereocenters. The predicted molar refractivity (Wildman–Crippen MR) is 55.4 cm³/mol. The van der Waals surface area contributed by atoms with Gasteiger partial charge in [0.1, 0.15) is 0 Å². The molecule has 0 radical (unpaired) electrons. The van der Waals surface area contributed by atoms with E-state index in [-0.39, 0.29) is 5.54 Å². The Balaban J connectivity index is 2.46. The molecule has 0 aromatic rings. The molecular formula is C10H19N3. The zero-order chi connectivity index (χ0) is 9.73. The molecule has 3 nitrogen and oxygen atoms in total. The van der Waals surface area contributed by atoms with Gasteiger partial charge in [0, 0.05) is 12.1 Å². The summed E-state index contributed by atoms with van der Waals surface area (Å²) in [6.45, 7) is 3.52. The summed E-state index contributed by atoms with van der Waals surface area (Å²) in [4.78, 5) is 2.32. The highest BCUT2D eigenvalue weighted by molar-refractivity contribution is 4.98. The van der Waals surface area contributed by atoms with Gasteiger partial charge in [0.2, 0.25) is 0 Å². The highest BCUT2D eigenvalue weighted by Gasteiger charge is 2.31. The maximum Gasteiger partial charge on any atom is 0.0578 e. The van der Waals surface area contributed by atoms with Crippen LogP contribution in [0.1, 0.15) is 12.8 Å². The lowest BCUT2D eigenvalue weighted by Crippen LogP contribution is -2.57. The second-order valence-corrected chi connectivity index (χ2v) is 3.85. The van der Waals surface area contributed by atoms with Crippen molar-refractivity contribution in [1.29, 1.82) is 0 Å². The number of nitrogens with two attached hydrogens (primary N) is 1. The Bertz CT molecular complexity index is 187. The Labute approximate surface area is 80.7 Å². The number of likely N-dealkylation sites (tertiary alicyclic amines) is 1. The van der Waals surface area contributed by atoms with E-state index in [1.54, 1.807) is 0 Å². The summed E-state index contributed by atoms with van der Waals surface area (Å²) in [7, 11) is 2.14. The van der Waals surface area contributed by atoms with E-state index < -0.39 is 0 Å². The molecule has 0 aromatic heterocycles. The van der Waals surface area contributed by atoms with Crippen molar-refractivity contribution < 1.29 is 0 Å². The molecule has 13 heavy (non-hydrogen) atoms. The molecule has 0 aromatic carbocycles. The number of nitrogens with zero attached hydrogens (tertiary/aromatic N) is 1. The lowest BCUT2D eigenvalue weighted by Gasteiger charge is -2.40. The summed E-state index contributed by atoms with van der Waals surface area (Å²) in [6.07, 6.45) is 7.42. The second kappa shape index (κ2) is 4.61. The molecule has 1 rings (SSSR count). The molecule has 3 heteroatoms. The number of hydrogen-bond donors (Lipinski definition) is 2. The Kier molecular flexibility index (Phi) is 3.73. The van der Waals surface area contributed by atoms with Crippen LogP contribution in [0, 0.1) is 12.3 Å². The Morgan fingerprint density at radius 2 is 2.15 bits per heavy atom. The quantitative estimate of drug-likeness (QED) is 0.584. The smallest absolute Gasteiger partial charge is 0.0578 e. The van der Waals surface area contributed by atoms with E-state index in [1.807, 2.05) is 0 Å². The van der Waals surface area contributed by atoms with Gasteiger partial charge in [-0.1, -0.05) is 5.92 Å². The van der Waals surface area contributed by atoms with Crippen molar-refractivity contribution >= 4 is 0 Å². The number of terminal acetylenes is 1. The number of nitrogens with one attached hydrogen (secondary N) is 1. The van der Waals surface area contributed by atoms with Crippen LogP contribution in [-0.4, -0.2) is 43.7 Å². The molecule has 0 aliphatic carbocycles. The molecule has 0 bridgehead atoms. The van der Waals surface area contributed by atoms with E-state index >= 15 is 0 Å². The van der Waals surface area contributed by atoms with Crippen molar-refractivity contribution in [3.63, 3.8) is 0 Å². The average Bonchev–Trinajstić information content (AvgIpc) is 2.18. The van der Waals surface area contributed by atoms with Gasteiger partial charge in [-0.05, 0) is 33.0 Å². The van der Waals surface area contributed by atoms with Crippen molar-refractivity contribution in [2.45, 2.75) is 18.4 Å². The minimum Gasteiger partial charge on any atom is -0.329 e.